The summed E-state index contributed by atoms with van der Waals surface area (Å²) in [6.45, 7) is 6.16. The number of nitrogens with zero attached hydrogens (tertiary/aromatic N) is 3. The van der Waals surface area contributed by atoms with Crippen LogP contribution in [0.2, 0.25) is 5.02 Å². The number of alkyl carbamates (subject to hydrolysis) is 1. The van der Waals surface area contributed by atoms with Gasteiger partial charge < -0.3 is 20.7 Å². The van der Waals surface area contributed by atoms with Crippen molar-refractivity contribution in [1.82, 2.24) is 31.1 Å². The molecule has 5 rings (SSSR count). The highest BCUT2D eigenvalue weighted by molar-refractivity contribution is 6.31. The standard InChI is InChI=1S/C33H40Cl2N8O4/c1-33(2,3)47-32(46)37-15-13-25-31(45)36-14-6-4-5-10-27(21-8-7-9-23(16-21)39-25)42-20-38-26(18-30(42)44)24-17-22(34)11-12-28(24)43-19-29(35)40-41-43/h7-9,11-12,16-20,25,27,39-41H,4-6,10,13-15H2,1-3H3,(H,36,45)(H,37,46)/t25-,27+/m1/s1. The van der Waals surface area contributed by atoms with Crippen molar-refractivity contribution in [1.29, 1.82) is 0 Å². The molecule has 0 radical (unpaired) electrons. The quantitative estimate of drug-likeness (QED) is 0.216. The number of rotatable bonds is 6. The van der Waals surface area contributed by atoms with Gasteiger partial charge in [-0.25, -0.2) is 9.78 Å². The molecule has 2 aromatic carbocycles. The zero-order valence-electron chi connectivity index (χ0n) is 26.6. The molecule has 0 aliphatic carbocycles. The van der Waals surface area contributed by atoms with Gasteiger partial charge in [-0.15, -0.1) is 5.53 Å². The van der Waals surface area contributed by atoms with E-state index in [-0.39, 0.29) is 24.1 Å². The molecule has 47 heavy (non-hydrogen) atoms. The van der Waals surface area contributed by atoms with Crippen molar-refractivity contribution in [3.8, 4) is 11.3 Å². The lowest BCUT2D eigenvalue weighted by molar-refractivity contribution is -0.122. The first-order chi connectivity index (χ1) is 22.5. The van der Waals surface area contributed by atoms with E-state index in [0.29, 0.717) is 46.5 Å². The van der Waals surface area contributed by atoms with Gasteiger partial charge in [0.1, 0.15) is 16.8 Å². The lowest BCUT2D eigenvalue weighted by Crippen LogP contribution is -2.42. The summed E-state index contributed by atoms with van der Waals surface area (Å²) in [6, 6.07) is 13.7. The number of hydrogen-bond acceptors (Lipinski definition) is 9. The van der Waals surface area contributed by atoms with Crippen molar-refractivity contribution < 1.29 is 14.3 Å². The molecule has 5 N–H and O–H groups in total. The Morgan fingerprint density at radius 2 is 1.91 bits per heavy atom. The predicted octanol–water partition coefficient (Wildman–Crippen LogP) is 5.41. The predicted molar refractivity (Wildman–Crippen MR) is 184 cm³/mol. The third-order valence-corrected chi connectivity index (χ3v) is 8.11. The number of hydrogen-bond donors (Lipinski definition) is 5. The lowest BCUT2D eigenvalue weighted by Gasteiger charge is -2.23. The second-order valence-electron chi connectivity index (χ2n) is 12.5. The molecule has 1 aromatic heterocycles. The van der Waals surface area contributed by atoms with Crippen molar-refractivity contribution in [2.45, 2.75) is 70.6 Å². The molecule has 3 heterocycles. The van der Waals surface area contributed by atoms with Crippen molar-refractivity contribution >= 4 is 46.6 Å². The number of aromatic nitrogens is 2. The van der Waals surface area contributed by atoms with Crippen LogP contribution in [0.5, 0.6) is 0 Å². The van der Waals surface area contributed by atoms with Crippen LogP contribution in [0.25, 0.3) is 11.3 Å². The molecule has 2 amide bonds. The molecular weight excluding hydrogens is 643 g/mol. The highest BCUT2D eigenvalue weighted by Crippen LogP contribution is 2.33. The average Bonchev–Trinajstić information content (AvgIpc) is 3.45. The molecule has 3 aromatic rings. The summed E-state index contributed by atoms with van der Waals surface area (Å²) in [6.07, 6.45) is 6.28. The van der Waals surface area contributed by atoms with E-state index < -0.39 is 17.7 Å². The Balaban J connectivity index is 1.40. The number of hydrazine groups is 2. The van der Waals surface area contributed by atoms with E-state index in [4.69, 9.17) is 32.9 Å². The molecule has 2 bridgehead atoms. The summed E-state index contributed by atoms with van der Waals surface area (Å²) in [5.41, 5.74) is 8.41. The summed E-state index contributed by atoms with van der Waals surface area (Å²) in [4.78, 5) is 43.8. The Bertz CT molecular complexity index is 1690. The van der Waals surface area contributed by atoms with Gasteiger partial charge in [-0.1, -0.05) is 48.2 Å². The van der Waals surface area contributed by atoms with Gasteiger partial charge in [-0.05, 0) is 75.9 Å². The van der Waals surface area contributed by atoms with Gasteiger partial charge in [0.05, 0.1) is 30.0 Å². The van der Waals surface area contributed by atoms with Gasteiger partial charge >= 0.3 is 6.09 Å². The average molecular weight is 684 g/mol. The van der Waals surface area contributed by atoms with Crippen LogP contribution in [-0.4, -0.2) is 46.3 Å². The van der Waals surface area contributed by atoms with E-state index in [2.05, 4.69) is 26.9 Å². The number of anilines is 2. The first kappa shape index (κ1) is 34.1. The Labute approximate surface area is 283 Å². The Kier molecular flexibility index (Phi) is 10.9. The van der Waals surface area contributed by atoms with Crippen molar-refractivity contribution in [3.05, 3.63) is 87.2 Å². The number of amides is 2. The van der Waals surface area contributed by atoms with Crippen LogP contribution in [0.3, 0.4) is 0 Å². The molecule has 0 saturated heterocycles. The van der Waals surface area contributed by atoms with Crippen LogP contribution >= 0.6 is 23.2 Å². The van der Waals surface area contributed by atoms with Crippen molar-refractivity contribution in [2.75, 3.05) is 23.4 Å². The monoisotopic (exact) mass is 682 g/mol. The van der Waals surface area contributed by atoms with Crippen LogP contribution in [0.15, 0.2) is 71.0 Å². The number of carbonyl (C=O) groups is 2. The van der Waals surface area contributed by atoms with Crippen molar-refractivity contribution in [2.24, 2.45) is 0 Å². The smallest absolute Gasteiger partial charge is 0.407 e. The third-order valence-electron chi connectivity index (χ3n) is 7.69. The normalized spacial score (nSPS) is 18.8. The number of carbonyl (C=O) groups excluding carboxylic acids is 2. The SMILES string of the molecule is CC(C)(C)OC(=O)NCC[C@H]1Nc2cccc(c2)[C@@H](n2cnc(-c3cc(Cl)ccc3N3C=C(Cl)NN3)cc2=O)CCCCCNC1=O. The van der Waals surface area contributed by atoms with Crippen LogP contribution in [0.1, 0.15) is 64.5 Å². The molecule has 0 spiro atoms. The van der Waals surface area contributed by atoms with E-state index in [1.807, 2.05) is 30.3 Å². The fourth-order valence-electron chi connectivity index (χ4n) is 5.52. The Morgan fingerprint density at radius 1 is 1.09 bits per heavy atom. The lowest BCUT2D eigenvalue weighted by atomic mass is 9.99. The molecule has 0 unspecified atom stereocenters. The summed E-state index contributed by atoms with van der Waals surface area (Å²) in [5, 5.41) is 11.7. The van der Waals surface area contributed by atoms with Crippen LogP contribution in [0, 0.1) is 0 Å². The van der Waals surface area contributed by atoms with Crippen LogP contribution in [0.4, 0.5) is 16.2 Å². The van der Waals surface area contributed by atoms with Crippen molar-refractivity contribution in [3.63, 3.8) is 0 Å². The number of benzene rings is 2. The highest BCUT2D eigenvalue weighted by atomic mass is 35.5. The Hall–Kier alpha value is -4.26. The first-order valence-corrected chi connectivity index (χ1v) is 16.4. The van der Waals surface area contributed by atoms with Gasteiger partial charge in [-0.2, -0.15) is 0 Å². The van der Waals surface area contributed by atoms with E-state index in [0.717, 1.165) is 30.5 Å². The minimum atomic E-state index is -0.617. The van der Waals surface area contributed by atoms with E-state index in [1.54, 1.807) is 55.0 Å². The zero-order chi connectivity index (χ0) is 33.6. The van der Waals surface area contributed by atoms with E-state index in [9.17, 15) is 14.4 Å². The molecule has 250 valence electrons. The van der Waals surface area contributed by atoms with E-state index >= 15 is 0 Å². The number of fused-ring (bicyclic) bond motifs is 2. The molecule has 0 saturated carbocycles. The van der Waals surface area contributed by atoms with Gasteiger partial charge in [0.25, 0.3) is 5.56 Å². The second-order valence-corrected chi connectivity index (χ2v) is 13.3. The molecular formula is C33H40Cl2N8O4. The molecule has 14 heteroatoms. The Morgan fingerprint density at radius 3 is 2.66 bits per heavy atom. The molecule has 2 atom stereocenters. The summed E-state index contributed by atoms with van der Waals surface area (Å²) >= 11 is 12.4. The molecule has 2 aliphatic rings. The third kappa shape index (κ3) is 9.18. The first-order valence-electron chi connectivity index (χ1n) is 15.6. The molecule has 12 nitrogen and oxygen atoms in total. The minimum absolute atomic E-state index is 0.147. The largest absolute Gasteiger partial charge is 0.444 e. The molecule has 0 fully saturated rings. The zero-order valence-corrected chi connectivity index (χ0v) is 28.1. The number of halogens is 2. The summed E-state index contributed by atoms with van der Waals surface area (Å²) < 4.78 is 6.98. The van der Waals surface area contributed by atoms with Gasteiger partial charge in [0.15, 0.2) is 0 Å². The van der Waals surface area contributed by atoms with Crippen LogP contribution in [-0.2, 0) is 9.53 Å². The summed E-state index contributed by atoms with van der Waals surface area (Å²) in [5.74, 6) is -0.147. The van der Waals surface area contributed by atoms with Gasteiger partial charge in [0, 0.05) is 35.4 Å². The maximum absolute atomic E-state index is 13.8. The van der Waals surface area contributed by atoms with Gasteiger partial charge in [-0.3, -0.25) is 24.6 Å². The van der Waals surface area contributed by atoms with E-state index in [1.165, 1.54) is 6.07 Å². The molecule has 2 aliphatic heterocycles. The minimum Gasteiger partial charge on any atom is -0.444 e. The number of nitrogens with one attached hydrogen (secondary N) is 5. The number of ether oxygens (including phenoxy) is 1. The summed E-state index contributed by atoms with van der Waals surface area (Å²) in [7, 11) is 0. The highest BCUT2D eigenvalue weighted by Gasteiger charge is 2.23. The fraction of sp³-hybridized carbons (Fsp3) is 0.394. The fourth-order valence-corrected chi connectivity index (χ4v) is 5.83. The van der Waals surface area contributed by atoms with Gasteiger partial charge in [0.2, 0.25) is 5.91 Å². The maximum atomic E-state index is 13.8. The van der Waals surface area contributed by atoms with Crippen LogP contribution < -0.4 is 37.5 Å². The second kappa shape index (κ2) is 15.1. The maximum Gasteiger partial charge on any atom is 0.407 e. The topological polar surface area (TPSA) is 142 Å².